The molecule has 8 heteroatoms. The molecule has 0 bridgehead atoms. The number of hydrogen-bond donors (Lipinski definition) is 0. The molecule has 0 saturated carbocycles. The fraction of sp³-hybridized carbons (Fsp3) is 0.368. The molecule has 0 N–H and O–H groups in total. The van der Waals surface area contributed by atoms with Gasteiger partial charge in [0.25, 0.3) is 0 Å². The highest BCUT2D eigenvalue weighted by Crippen LogP contribution is 2.46. The van der Waals surface area contributed by atoms with Crippen molar-refractivity contribution < 1.29 is 28.2 Å². The highest BCUT2D eigenvalue weighted by molar-refractivity contribution is 6.25. The number of halogens is 3. The smallest absolute Gasteiger partial charge is 0.387 e. The number of rotatable bonds is 7. The van der Waals surface area contributed by atoms with E-state index < -0.39 is 29.0 Å². The third kappa shape index (κ3) is 4.06. The predicted molar refractivity (Wildman–Crippen MR) is 91.4 cm³/mol. The highest BCUT2D eigenvalue weighted by atomic mass is 35.5. The van der Waals surface area contributed by atoms with E-state index in [1.54, 1.807) is 50.2 Å². The number of para-hydroxylation sites is 1. The molecule has 5 nitrogen and oxygen atoms in total. The maximum absolute atomic E-state index is 12.8. The third-order valence-electron chi connectivity index (χ3n) is 4.33. The molecule has 2 rings (SSSR count). The number of carboxylic acids is 1. The number of aliphatic carboxylic acids is 1. The van der Waals surface area contributed by atoms with Crippen molar-refractivity contribution >= 4 is 17.6 Å². The number of carboxylic acid groups (broad SMARTS) is 1. The number of allylic oxidation sites excluding steroid dienone is 2. The summed E-state index contributed by atoms with van der Waals surface area (Å²) in [5.74, 6) is -2.39. The van der Waals surface area contributed by atoms with Crippen LogP contribution >= 0.6 is 11.6 Å². The van der Waals surface area contributed by atoms with Crippen molar-refractivity contribution in [2.45, 2.75) is 31.9 Å². The van der Waals surface area contributed by atoms with E-state index in [-0.39, 0.29) is 23.5 Å². The van der Waals surface area contributed by atoms with Crippen LogP contribution in [0.2, 0.25) is 0 Å². The molecule has 0 fully saturated rings. The molecule has 0 saturated heterocycles. The summed E-state index contributed by atoms with van der Waals surface area (Å²) in [5, 5.41) is 19.4. The first-order valence-corrected chi connectivity index (χ1v) is 8.46. The zero-order valence-electron chi connectivity index (χ0n) is 14.6. The number of benzene rings is 1. The van der Waals surface area contributed by atoms with Crippen LogP contribution in [0.5, 0.6) is 5.75 Å². The Morgan fingerprint density at radius 1 is 1.33 bits per heavy atom. The monoisotopic (exact) mass is 396 g/mol. The summed E-state index contributed by atoms with van der Waals surface area (Å²) in [6.07, 6.45) is 1.98. The van der Waals surface area contributed by atoms with Gasteiger partial charge in [-0.25, -0.2) is 0 Å². The van der Waals surface area contributed by atoms with Gasteiger partial charge in [-0.15, -0.1) is 0 Å². The zero-order chi connectivity index (χ0) is 20.2. The largest absolute Gasteiger partial charge is 0.548 e. The molecule has 1 aromatic rings. The second-order valence-electron chi connectivity index (χ2n) is 6.28. The first-order valence-electron chi connectivity index (χ1n) is 8.08. The normalized spacial score (nSPS) is 21.7. The maximum atomic E-state index is 12.8. The quantitative estimate of drug-likeness (QED) is 0.660. The van der Waals surface area contributed by atoms with E-state index in [0.29, 0.717) is 0 Å². The van der Waals surface area contributed by atoms with Crippen molar-refractivity contribution in [2.75, 3.05) is 0 Å². The van der Waals surface area contributed by atoms with Gasteiger partial charge in [-0.05, 0) is 29.7 Å². The predicted octanol–water partition coefficient (Wildman–Crippen LogP) is 3.37. The van der Waals surface area contributed by atoms with Crippen LogP contribution < -0.4 is 9.84 Å². The van der Waals surface area contributed by atoms with Gasteiger partial charge in [-0.3, -0.25) is 0 Å². The van der Waals surface area contributed by atoms with Gasteiger partial charge in [-0.1, -0.05) is 49.7 Å². The van der Waals surface area contributed by atoms with Crippen LogP contribution in [0.25, 0.3) is 0 Å². The van der Waals surface area contributed by atoms with Gasteiger partial charge in [0.05, 0.1) is 12.0 Å². The molecule has 1 aliphatic carbocycles. The van der Waals surface area contributed by atoms with E-state index in [4.69, 9.17) is 16.3 Å². The van der Waals surface area contributed by atoms with Gasteiger partial charge in [0.1, 0.15) is 11.2 Å². The molecular formula is C19H17ClF2NO4-. The van der Waals surface area contributed by atoms with Crippen LogP contribution in [-0.4, -0.2) is 17.6 Å². The Morgan fingerprint density at radius 3 is 2.44 bits per heavy atom. The van der Waals surface area contributed by atoms with Gasteiger partial charge in [-0.2, -0.15) is 14.0 Å². The van der Waals surface area contributed by atoms with E-state index in [1.165, 1.54) is 6.08 Å². The first kappa shape index (κ1) is 20.7. The van der Waals surface area contributed by atoms with E-state index in [1.807, 2.05) is 0 Å². The number of nitriles is 1. The summed E-state index contributed by atoms with van der Waals surface area (Å²) in [6, 6.07) is 9.92. The Kier molecular flexibility index (Phi) is 6.11. The van der Waals surface area contributed by atoms with Crippen LogP contribution in [-0.2, 0) is 9.53 Å². The van der Waals surface area contributed by atoms with Crippen molar-refractivity contribution in [2.24, 2.45) is 11.3 Å². The lowest BCUT2D eigenvalue weighted by Gasteiger charge is -2.40. The Labute approximate surface area is 160 Å². The van der Waals surface area contributed by atoms with Crippen molar-refractivity contribution in [3.05, 3.63) is 53.8 Å². The molecule has 0 amide bonds. The minimum Gasteiger partial charge on any atom is -0.548 e. The first-order chi connectivity index (χ1) is 12.7. The molecule has 0 heterocycles. The van der Waals surface area contributed by atoms with Gasteiger partial charge in [0.2, 0.25) is 5.06 Å². The van der Waals surface area contributed by atoms with E-state index in [2.05, 4.69) is 4.74 Å². The minimum atomic E-state index is -3.16. The lowest BCUT2D eigenvalue weighted by molar-refractivity contribution is -0.316. The fourth-order valence-electron chi connectivity index (χ4n) is 2.93. The van der Waals surface area contributed by atoms with Crippen LogP contribution in [0, 0.1) is 22.7 Å². The Balaban J connectivity index is 2.52. The summed E-state index contributed by atoms with van der Waals surface area (Å²) in [4.78, 5) is 11.8. The molecule has 27 heavy (non-hydrogen) atoms. The van der Waals surface area contributed by atoms with Crippen molar-refractivity contribution in [1.29, 1.82) is 5.26 Å². The molecule has 0 radical (unpaired) electrons. The number of carbonyl (C=O) groups is 1. The number of nitrogens with zero attached hydrogens (tertiary/aromatic N) is 1. The molecule has 0 aliphatic heterocycles. The molecule has 0 spiro atoms. The standard InChI is InChI=1S/C19H18ClF2NO4/c1-12(2)18(11-23,16(24)25)13-8-9-15(26-17(21)22)19(20,10-13)27-14-6-4-3-5-7-14/h3-9,12,17H,10H2,1-2H3,(H,24,25)/p-1. The summed E-state index contributed by atoms with van der Waals surface area (Å²) in [5.41, 5.74) is -1.92. The van der Waals surface area contributed by atoms with Gasteiger partial charge in [0, 0.05) is 6.42 Å². The van der Waals surface area contributed by atoms with Gasteiger partial charge >= 0.3 is 6.61 Å². The molecular weight excluding hydrogens is 380 g/mol. The molecule has 2 atom stereocenters. The fourth-order valence-corrected chi connectivity index (χ4v) is 3.27. The van der Waals surface area contributed by atoms with Crippen molar-refractivity contribution in [3.8, 4) is 11.8 Å². The number of hydrogen-bond acceptors (Lipinski definition) is 5. The molecule has 1 aliphatic rings. The lowest BCUT2D eigenvalue weighted by Crippen LogP contribution is -2.49. The van der Waals surface area contributed by atoms with Gasteiger partial charge < -0.3 is 19.4 Å². The topological polar surface area (TPSA) is 82.4 Å². The second kappa shape index (κ2) is 7.97. The number of alkyl halides is 3. The van der Waals surface area contributed by atoms with E-state index in [9.17, 15) is 23.9 Å². The summed E-state index contributed by atoms with van der Waals surface area (Å²) in [7, 11) is 0. The Bertz CT molecular complexity index is 804. The SMILES string of the molecule is CC(C)C(C#N)(C(=O)[O-])C1=CC=C(OC(F)F)C(Cl)(Oc2ccccc2)C1. The molecule has 144 valence electrons. The number of carbonyl (C=O) groups excluding carboxylic acids is 1. The summed E-state index contributed by atoms with van der Waals surface area (Å²) < 4.78 is 35.7. The molecule has 1 aromatic carbocycles. The third-order valence-corrected chi connectivity index (χ3v) is 4.73. The minimum absolute atomic E-state index is 0.0764. The lowest BCUT2D eigenvalue weighted by atomic mass is 9.69. The zero-order valence-corrected chi connectivity index (χ0v) is 15.4. The second-order valence-corrected chi connectivity index (χ2v) is 6.89. The number of ether oxygens (including phenoxy) is 2. The molecule has 0 aromatic heterocycles. The van der Waals surface area contributed by atoms with Crippen LogP contribution in [0.3, 0.4) is 0 Å². The highest BCUT2D eigenvalue weighted by Gasteiger charge is 2.48. The van der Waals surface area contributed by atoms with Crippen LogP contribution in [0.1, 0.15) is 20.3 Å². The summed E-state index contributed by atoms with van der Waals surface area (Å²) >= 11 is 6.47. The maximum Gasteiger partial charge on any atom is 0.387 e. The average Bonchev–Trinajstić information content (AvgIpc) is 2.58. The summed E-state index contributed by atoms with van der Waals surface area (Å²) in [6.45, 7) is -0.0681. The van der Waals surface area contributed by atoms with Crippen LogP contribution in [0.4, 0.5) is 8.78 Å². The Hall–Kier alpha value is -2.59. The van der Waals surface area contributed by atoms with Crippen molar-refractivity contribution in [1.82, 2.24) is 0 Å². The molecule has 2 unspecified atom stereocenters. The van der Waals surface area contributed by atoms with Gasteiger partial charge in [0.15, 0.2) is 5.76 Å². The average molecular weight is 397 g/mol. The Morgan fingerprint density at radius 2 is 1.96 bits per heavy atom. The van der Waals surface area contributed by atoms with Crippen LogP contribution in [0.15, 0.2) is 53.8 Å². The van der Waals surface area contributed by atoms with E-state index >= 15 is 0 Å². The van der Waals surface area contributed by atoms with E-state index in [0.717, 1.165) is 6.08 Å². The van der Waals surface area contributed by atoms with Crippen molar-refractivity contribution in [3.63, 3.8) is 0 Å².